The van der Waals surface area contributed by atoms with Crippen LogP contribution in [0.4, 0.5) is 22.7 Å². The number of hydrogen-bond donors (Lipinski definition) is 0. The Morgan fingerprint density at radius 3 is 2.28 bits per heavy atom. The first kappa shape index (κ1) is 33.6. The van der Waals surface area contributed by atoms with Crippen LogP contribution >= 0.6 is 0 Å². The molecule has 50 heavy (non-hydrogen) atoms. The van der Waals surface area contributed by atoms with Crippen LogP contribution in [0.15, 0.2) is 121 Å². The molecule has 254 valence electrons. The molecule has 0 unspecified atom stereocenters. The SMILES string of the molecule is CC(C)Cc1cccc(N2[CH-]N(c3[c-]c(Oc4[c-]c5c(cc4)c4ccccc4n5-c4cc(C(C)(C)C)ccn4)ccc3)c3ccccc32)c1.[Pt]. The van der Waals surface area contributed by atoms with E-state index in [2.05, 4.69) is 165 Å². The first-order valence-electron chi connectivity index (χ1n) is 17.0. The maximum atomic E-state index is 6.50. The van der Waals surface area contributed by atoms with Crippen LogP contribution in [0.3, 0.4) is 0 Å². The number of hydrogen-bond acceptors (Lipinski definition) is 4. The molecule has 1 aliphatic heterocycles. The van der Waals surface area contributed by atoms with Gasteiger partial charge < -0.3 is 19.1 Å². The molecule has 2 aromatic heterocycles. The summed E-state index contributed by atoms with van der Waals surface area (Å²) in [5.74, 6) is 2.69. The van der Waals surface area contributed by atoms with Crippen LogP contribution in [0.5, 0.6) is 11.5 Å². The maximum absolute atomic E-state index is 6.50. The Hall–Kier alpha value is -4.86. The third-order valence-electron chi connectivity index (χ3n) is 9.09. The van der Waals surface area contributed by atoms with Crippen molar-refractivity contribution in [1.82, 2.24) is 9.55 Å². The molecule has 0 aliphatic carbocycles. The van der Waals surface area contributed by atoms with Gasteiger partial charge in [0.1, 0.15) is 5.82 Å². The Balaban J connectivity index is 0.00000392. The molecule has 0 saturated heterocycles. The number of aromatic nitrogens is 2. The molecule has 0 N–H and O–H groups in total. The predicted molar refractivity (Wildman–Crippen MR) is 201 cm³/mol. The van der Waals surface area contributed by atoms with Crippen molar-refractivity contribution < 1.29 is 25.8 Å². The summed E-state index contributed by atoms with van der Waals surface area (Å²) in [5.41, 5.74) is 8.81. The van der Waals surface area contributed by atoms with Crippen molar-refractivity contribution in [3.8, 4) is 17.3 Å². The molecule has 6 heteroatoms. The van der Waals surface area contributed by atoms with E-state index in [4.69, 9.17) is 9.72 Å². The summed E-state index contributed by atoms with van der Waals surface area (Å²) in [7, 11) is 0. The molecule has 0 fully saturated rings. The largest absolute Gasteiger partial charge is 0.509 e. The first-order chi connectivity index (χ1) is 23.7. The van der Waals surface area contributed by atoms with Gasteiger partial charge in [-0.15, -0.1) is 48.1 Å². The molecule has 5 nitrogen and oxygen atoms in total. The van der Waals surface area contributed by atoms with Crippen LogP contribution in [0, 0.1) is 24.7 Å². The number of anilines is 4. The van der Waals surface area contributed by atoms with Crippen molar-refractivity contribution in [3.05, 3.63) is 151 Å². The minimum atomic E-state index is -0.00258. The zero-order chi connectivity index (χ0) is 33.7. The number of benzene rings is 5. The summed E-state index contributed by atoms with van der Waals surface area (Å²) in [6.07, 6.45) is 2.94. The summed E-state index contributed by atoms with van der Waals surface area (Å²) in [5, 5.41) is 2.25. The molecule has 0 atom stereocenters. The third-order valence-corrected chi connectivity index (χ3v) is 9.09. The average Bonchev–Trinajstić information content (AvgIpc) is 3.64. The van der Waals surface area contributed by atoms with E-state index >= 15 is 0 Å². The summed E-state index contributed by atoms with van der Waals surface area (Å²) >= 11 is 0. The van der Waals surface area contributed by atoms with Gasteiger partial charge in [-0.3, -0.25) is 0 Å². The summed E-state index contributed by atoms with van der Waals surface area (Å²) in [4.78, 5) is 9.24. The zero-order valence-electron chi connectivity index (χ0n) is 28.9. The van der Waals surface area contributed by atoms with Gasteiger partial charge in [0, 0.05) is 61.3 Å². The molecule has 8 rings (SSSR count). The maximum Gasteiger partial charge on any atom is 0.135 e. The van der Waals surface area contributed by atoms with Gasteiger partial charge in [0.2, 0.25) is 0 Å². The van der Waals surface area contributed by atoms with Crippen molar-refractivity contribution in [2.75, 3.05) is 9.80 Å². The van der Waals surface area contributed by atoms with Crippen molar-refractivity contribution >= 4 is 44.6 Å². The van der Waals surface area contributed by atoms with E-state index in [0.717, 1.165) is 56.8 Å². The smallest absolute Gasteiger partial charge is 0.135 e. The number of ether oxygens (including phenoxy) is 1. The molecule has 0 amide bonds. The normalized spacial score (nSPS) is 12.8. The molecule has 1 aliphatic rings. The second kappa shape index (κ2) is 13.5. The molecule has 3 heterocycles. The Labute approximate surface area is 309 Å². The number of rotatable bonds is 7. The number of nitrogens with zero attached hydrogens (tertiary/aromatic N) is 4. The van der Waals surface area contributed by atoms with Gasteiger partial charge in [-0.25, -0.2) is 4.98 Å². The van der Waals surface area contributed by atoms with E-state index in [1.165, 1.54) is 11.1 Å². The fourth-order valence-electron chi connectivity index (χ4n) is 6.75. The van der Waals surface area contributed by atoms with E-state index in [9.17, 15) is 0 Å². The number of fused-ring (bicyclic) bond motifs is 4. The van der Waals surface area contributed by atoms with Crippen LogP contribution in [-0.4, -0.2) is 9.55 Å². The van der Waals surface area contributed by atoms with Crippen LogP contribution in [0.2, 0.25) is 0 Å². The van der Waals surface area contributed by atoms with Gasteiger partial charge in [-0.05, 0) is 76.7 Å². The van der Waals surface area contributed by atoms with Crippen molar-refractivity contribution in [3.63, 3.8) is 0 Å². The molecule has 0 spiro atoms. The molecule has 5 aromatic carbocycles. The van der Waals surface area contributed by atoms with Crippen LogP contribution in [0.1, 0.15) is 45.7 Å². The van der Waals surface area contributed by atoms with E-state index < -0.39 is 0 Å². The molecular formula is C44H39N4OPt-3. The van der Waals surface area contributed by atoms with E-state index in [0.29, 0.717) is 17.4 Å². The molecule has 0 bridgehead atoms. The van der Waals surface area contributed by atoms with Crippen LogP contribution in [0.25, 0.3) is 27.6 Å². The third kappa shape index (κ3) is 6.31. The van der Waals surface area contributed by atoms with Gasteiger partial charge in [-0.2, -0.15) is 12.1 Å². The van der Waals surface area contributed by atoms with Crippen molar-refractivity contribution in [2.24, 2.45) is 5.92 Å². The zero-order valence-corrected chi connectivity index (χ0v) is 31.2. The van der Waals surface area contributed by atoms with Crippen LogP contribution in [-0.2, 0) is 32.9 Å². The number of para-hydroxylation sites is 3. The van der Waals surface area contributed by atoms with Gasteiger partial charge >= 0.3 is 0 Å². The molecule has 7 aromatic rings. The summed E-state index contributed by atoms with van der Waals surface area (Å²) in [6, 6.07) is 47.3. The molecule has 0 saturated carbocycles. The summed E-state index contributed by atoms with van der Waals surface area (Å²) in [6.45, 7) is 13.3. The quantitative estimate of drug-likeness (QED) is 0.150. The van der Waals surface area contributed by atoms with E-state index in [1.54, 1.807) is 0 Å². The Kier molecular flexibility index (Phi) is 9.05. The van der Waals surface area contributed by atoms with E-state index in [-0.39, 0.29) is 26.5 Å². The summed E-state index contributed by atoms with van der Waals surface area (Å²) < 4.78 is 8.69. The standard InChI is InChI=1S/C44H39N4O.Pt/c1-30(2)24-31-12-10-13-33(25-31)46-29-47(41-19-9-8-18-40(41)46)34-14-11-15-35(27-34)49-36-20-21-38-37-16-6-7-17-39(37)48(42(38)28-36)43-26-32(22-23-45-43)44(3,4)5;/h6-23,25-26,29-30H,24H2,1-5H3;/q-3;. The fourth-order valence-corrected chi connectivity index (χ4v) is 6.75. The minimum Gasteiger partial charge on any atom is -0.509 e. The van der Waals surface area contributed by atoms with Crippen molar-refractivity contribution in [1.29, 1.82) is 0 Å². The Morgan fingerprint density at radius 1 is 0.740 bits per heavy atom. The van der Waals surface area contributed by atoms with Gasteiger partial charge in [0.25, 0.3) is 0 Å². The second-order valence-electron chi connectivity index (χ2n) is 14.2. The first-order valence-corrected chi connectivity index (χ1v) is 17.0. The second-order valence-corrected chi connectivity index (χ2v) is 14.2. The van der Waals surface area contributed by atoms with Gasteiger partial charge in [-0.1, -0.05) is 82.6 Å². The minimum absolute atomic E-state index is 0. The predicted octanol–water partition coefficient (Wildman–Crippen LogP) is 11.5. The molecular weight excluding hydrogens is 796 g/mol. The average molecular weight is 835 g/mol. The number of pyridine rings is 1. The van der Waals surface area contributed by atoms with Crippen LogP contribution < -0.4 is 14.5 Å². The topological polar surface area (TPSA) is 33.5 Å². The molecule has 0 radical (unpaired) electrons. The Morgan fingerprint density at radius 2 is 1.48 bits per heavy atom. The van der Waals surface area contributed by atoms with Gasteiger partial charge in [0.05, 0.1) is 0 Å². The monoisotopic (exact) mass is 834 g/mol. The Bertz CT molecular complexity index is 2320. The van der Waals surface area contributed by atoms with Gasteiger partial charge in [0.15, 0.2) is 0 Å². The van der Waals surface area contributed by atoms with E-state index in [1.807, 2.05) is 24.4 Å². The van der Waals surface area contributed by atoms with Crippen molar-refractivity contribution in [2.45, 2.75) is 46.5 Å². The fraction of sp³-hybridized carbons (Fsp3) is 0.182.